The molecule has 0 saturated carbocycles. The highest BCUT2D eigenvalue weighted by atomic mass is 32.2. The number of amides is 1. The number of esters is 1. The summed E-state index contributed by atoms with van der Waals surface area (Å²) in [5.41, 5.74) is 5.55. The van der Waals surface area contributed by atoms with Crippen molar-refractivity contribution >= 4 is 23.6 Å². The zero-order chi connectivity index (χ0) is 13.3. The summed E-state index contributed by atoms with van der Waals surface area (Å²) >= 11 is 1.47. The molecule has 0 spiro atoms. The maximum absolute atomic E-state index is 11.3. The number of thioether (sulfide) groups is 1. The van der Waals surface area contributed by atoms with E-state index in [0.717, 1.165) is 0 Å². The van der Waals surface area contributed by atoms with Gasteiger partial charge in [-0.05, 0) is 18.1 Å². The molecule has 0 bridgehead atoms. The van der Waals surface area contributed by atoms with E-state index in [1.165, 1.54) is 18.9 Å². The van der Waals surface area contributed by atoms with Crippen LogP contribution in [0.3, 0.4) is 0 Å². The summed E-state index contributed by atoms with van der Waals surface area (Å²) in [6, 6.07) is -0.591. The number of hydrogen-bond acceptors (Lipinski definition) is 5. The lowest BCUT2D eigenvalue weighted by molar-refractivity contribution is -0.142. The van der Waals surface area contributed by atoms with Crippen LogP contribution in [-0.2, 0) is 14.3 Å². The van der Waals surface area contributed by atoms with Gasteiger partial charge < -0.3 is 15.8 Å². The lowest BCUT2D eigenvalue weighted by Crippen LogP contribution is -2.32. The Bertz CT molecular complexity index is 247. The van der Waals surface area contributed by atoms with E-state index in [9.17, 15) is 9.59 Å². The van der Waals surface area contributed by atoms with Gasteiger partial charge in [-0.2, -0.15) is 11.8 Å². The minimum Gasteiger partial charge on any atom is -0.468 e. The molecule has 0 aliphatic carbocycles. The van der Waals surface area contributed by atoms with Gasteiger partial charge in [-0.1, -0.05) is 13.8 Å². The number of rotatable bonds is 8. The summed E-state index contributed by atoms with van der Waals surface area (Å²) in [6.45, 7) is 4.78. The molecule has 0 aromatic carbocycles. The second-order valence-corrected chi connectivity index (χ2v) is 5.27. The Morgan fingerprint density at radius 1 is 1.41 bits per heavy atom. The molecule has 1 amide bonds. The van der Waals surface area contributed by atoms with Gasteiger partial charge >= 0.3 is 5.97 Å². The fourth-order valence-electron chi connectivity index (χ4n) is 1.01. The van der Waals surface area contributed by atoms with Crippen LogP contribution in [0.4, 0.5) is 0 Å². The van der Waals surface area contributed by atoms with Crippen molar-refractivity contribution in [3.8, 4) is 0 Å². The Morgan fingerprint density at radius 3 is 2.59 bits per heavy atom. The van der Waals surface area contributed by atoms with Crippen LogP contribution in [0.15, 0.2) is 0 Å². The Labute approximate surface area is 107 Å². The molecule has 0 heterocycles. The molecule has 1 atom stereocenters. The van der Waals surface area contributed by atoms with Crippen molar-refractivity contribution in [2.45, 2.75) is 26.3 Å². The summed E-state index contributed by atoms with van der Waals surface area (Å²) in [4.78, 5) is 22.3. The molecule has 0 saturated heterocycles. The summed E-state index contributed by atoms with van der Waals surface area (Å²) in [5, 5.41) is 2.82. The number of carbonyl (C=O) groups is 2. The number of nitrogens with one attached hydrogen (secondary N) is 1. The van der Waals surface area contributed by atoms with Gasteiger partial charge in [-0.25, -0.2) is 0 Å². The maximum Gasteiger partial charge on any atom is 0.322 e. The Morgan fingerprint density at radius 2 is 2.06 bits per heavy atom. The minimum absolute atomic E-state index is 0.0235. The van der Waals surface area contributed by atoms with Gasteiger partial charge in [0.2, 0.25) is 5.91 Å². The molecule has 3 N–H and O–H groups in total. The van der Waals surface area contributed by atoms with Crippen molar-refractivity contribution in [2.24, 2.45) is 11.7 Å². The number of ether oxygens (including phenoxy) is 1. The fraction of sp³-hybridized carbons (Fsp3) is 0.818. The summed E-state index contributed by atoms with van der Waals surface area (Å²) in [5.74, 6) is 1.15. The lowest BCUT2D eigenvalue weighted by atomic mass is 10.2. The van der Waals surface area contributed by atoms with Crippen LogP contribution in [0.2, 0.25) is 0 Å². The van der Waals surface area contributed by atoms with E-state index in [4.69, 9.17) is 5.73 Å². The molecule has 0 aromatic heterocycles. The zero-order valence-electron chi connectivity index (χ0n) is 10.7. The maximum atomic E-state index is 11.3. The van der Waals surface area contributed by atoms with E-state index in [0.29, 0.717) is 30.4 Å². The van der Waals surface area contributed by atoms with Crippen LogP contribution in [0.25, 0.3) is 0 Å². The summed E-state index contributed by atoms with van der Waals surface area (Å²) < 4.78 is 4.50. The van der Waals surface area contributed by atoms with Crippen LogP contribution < -0.4 is 11.1 Å². The Hall–Kier alpha value is -0.750. The molecule has 0 fully saturated rings. The highest BCUT2D eigenvalue weighted by Crippen LogP contribution is 2.04. The fourth-order valence-corrected chi connectivity index (χ4v) is 1.87. The van der Waals surface area contributed by atoms with Crippen molar-refractivity contribution in [3.63, 3.8) is 0 Å². The average Bonchev–Trinajstić information content (AvgIpc) is 2.30. The third-order valence-corrected chi connectivity index (χ3v) is 3.01. The lowest BCUT2D eigenvalue weighted by Gasteiger charge is -2.09. The third kappa shape index (κ3) is 9.00. The van der Waals surface area contributed by atoms with Crippen molar-refractivity contribution in [1.82, 2.24) is 5.32 Å². The molecular formula is C11H22N2O3S. The van der Waals surface area contributed by atoms with Crippen LogP contribution in [0.5, 0.6) is 0 Å². The topological polar surface area (TPSA) is 81.4 Å². The predicted octanol–water partition coefficient (Wildman–Crippen LogP) is 0.382. The molecule has 17 heavy (non-hydrogen) atoms. The van der Waals surface area contributed by atoms with Crippen LogP contribution in [0.1, 0.15) is 20.3 Å². The quantitative estimate of drug-likeness (QED) is 0.488. The minimum atomic E-state index is -0.591. The second-order valence-electron chi connectivity index (χ2n) is 4.17. The van der Waals surface area contributed by atoms with Crippen molar-refractivity contribution < 1.29 is 14.3 Å². The predicted molar refractivity (Wildman–Crippen MR) is 69.8 cm³/mol. The molecule has 0 rings (SSSR count). The average molecular weight is 262 g/mol. The SMILES string of the molecule is COC(=O)C(N)CCSCC(=O)NCC(C)C. The van der Waals surface area contributed by atoms with E-state index in [1.54, 1.807) is 0 Å². The zero-order valence-corrected chi connectivity index (χ0v) is 11.5. The molecular weight excluding hydrogens is 240 g/mol. The number of methoxy groups -OCH3 is 1. The monoisotopic (exact) mass is 262 g/mol. The van der Waals surface area contributed by atoms with Crippen molar-refractivity contribution in [3.05, 3.63) is 0 Å². The van der Waals surface area contributed by atoms with E-state index in [-0.39, 0.29) is 5.91 Å². The first-order valence-electron chi connectivity index (χ1n) is 5.65. The summed E-state index contributed by atoms with van der Waals surface area (Å²) in [6.07, 6.45) is 0.523. The first-order valence-corrected chi connectivity index (χ1v) is 6.80. The standard InChI is InChI=1S/C11H22N2O3S/c1-8(2)6-13-10(14)7-17-5-4-9(12)11(15)16-3/h8-9H,4-7,12H2,1-3H3,(H,13,14). The number of carbonyl (C=O) groups excluding carboxylic acids is 2. The smallest absolute Gasteiger partial charge is 0.322 e. The first-order chi connectivity index (χ1) is 7.97. The number of hydrogen-bond donors (Lipinski definition) is 2. The normalized spacial score (nSPS) is 12.3. The van der Waals surface area contributed by atoms with Crippen LogP contribution in [-0.4, -0.2) is 43.1 Å². The van der Waals surface area contributed by atoms with E-state index in [2.05, 4.69) is 10.1 Å². The molecule has 5 nitrogen and oxygen atoms in total. The highest BCUT2D eigenvalue weighted by Gasteiger charge is 2.13. The molecule has 0 aliphatic rings. The molecule has 100 valence electrons. The van der Waals surface area contributed by atoms with Gasteiger partial charge in [0.05, 0.1) is 12.9 Å². The second kappa shape index (κ2) is 9.30. The van der Waals surface area contributed by atoms with Gasteiger partial charge in [0.15, 0.2) is 0 Å². The molecule has 0 radical (unpaired) electrons. The van der Waals surface area contributed by atoms with Crippen molar-refractivity contribution in [1.29, 1.82) is 0 Å². The van der Waals surface area contributed by atoms with Gasteiger partial charge in [0.1, 0.15) is 6.04 Å². The summed E-state index contributed by atoms with van der Waals surface area (Å²) in [7, 11) is 1.31. The van der Waals surface area contributed by atoms with E-state index >= 15 is 0 Å². The Balaban J connectivity index is 3.51. The van der Waals surface area contributed by atoms with Crippen molar-refractivity contribution in [2.75, 3.05) is 25.2 Å². The molecule has 1 unspecified atom stereocenters. The van der Waals surface area contributed by atoms with E-state index < -0.39 is 12.0 Å². The van der Waals surface area contributed by atoms with Crippen LogP contribution in [0, 0.1) is 5.92 Å². The number of nitrogens with two attached hydrogens (primary N) is 1. The highest BCUT2D eigenvalue weighted by molar-refractivity contribution is 7.99. The van der Waals surface area contributed by atoms with Gasteiger partial charge in [0, 0.05) is 6.54 Å². The van der Waals surface area contributed by atoms with E-state index in [1.807, 2.05) is 13.8 Å². The molecule has 0 aliphatic heterocycles. The van der Waals surface area contributed by atoms with Gasteiger partial charge in [-0.3, -0.25) is 9.59 Å². The van der Waals surface area contributed by atoms with Crippen LogP contribution >= 0.6 is 11.8 Å². The van der Waals surface area contributed by atoms with Gasteiger partial charge in [-0.15, -0.1) is 0 Å². The largest absolute Gasteiger partial charge is 0.468 e. The third-order valence-electron chi connectivity index (χ3n) is 2.02. The first kappa shape index (κ1) is 16.2. The molecule has 6 heteroatoms. The Kier molecular flexibility index (Phi) is 8.89. The molecule has 0 aromatic rings. The van der Waals surface area contributed by atoms with Gasteiger partial charge in [0.25, 0.3) is 0 Å².